The number of aromatic nitrogens is 1. The average Bonchev–Trinajstić information content (AvgIpc) is 3.15. The molecule has 0 radical (unpaired) electrons. The number of nitrogens with zero attached hydrogens (tertiary/aromatic N) is 3. The van der Waals surface area contributed by atoms with Crippen LogP contribution in [0.2, 0.25) is 0 Å². The Kier molecular flexibility index (Phi) is 6.39. The molecule has 1 saturated heterocycles. The van der Waals surface area contributed by atoms with Crippen molar-refractivity contribution >= 4 is 11.7 Å². The van der Waals surface area contributed by atoms with Crippen LogP contribution >= 0.6 is 0 Å². The van der Waals surface area contributed by atoms with Crippen LogP contribution in [0.15, 0.2) is 72.9 Å². The number of hydrogen-bond acceptors (Lipinski definition) is 4. The Balaban J connectivity index is 1.31. The number of methoxy groups -OCH3 is 1. The van der Waals surface area contributed by atoms with Gasteiger partial charge in [0.15, 0.2) is 0 Å². The maximum Gasteiger partial charge on any atom is 0.325 e. The number of urea groups is 1. The number of carbonyl (C=O) groups excluding carboxylic acids is 1. The molecule has 0 unspecified atom stereocenters. The van der Waals surface area contributed by atoms with Crippen LogP contribution in [0, 0.1) is 0 Å². The van der Waals surface area contributed by atoms with E-state index in [-0.39, 0.29) is 11.6 Å². The minimum Gasteiger partial charge on any atom is -0.489 e. The summed E-state index contributed by atoms with van der Waals surface area (Å²) in [6.07, 6.45) is 7.36. The van der Waals surface area contributed by atoms with Gasteiger partial charge in [-0.1, -0.05) is 61.7 Å². The third kappa shape index (κ3) is 4.58. The molecule has 0 bridgehead atoms. The zero-order chi connectivity index (χ0) is 23.4. The van der Waals surface area contributed by atoms with Crippen LogP contribution in [-0.2, 0) is 13.2 Å². The van der Waals surface area contributed by atoms with Gasteiger partial charge in [-0.3, -0.25) is 4.90 Å². The SMILES string of the molecule is COc1ccc(N2CC3(CCCCC3)N(Cc3ccc(OCc4ccccc4)cc3)C2=O)cn1. The molecule has 176 valence electrons. The number of carbonyl (C=O) groups is 1. The molecular formula is C28H31N3O3. The lowest BCUT2D eigenvalue weighted by Gasteiger charge is -2.40. The van der Waals surface area contributed by atoms with E-state index >= 15 is 0 Å². The number of amides is 2. The van der Waals surface area contributed by atoms with Crippen molar-refractivity contribution in [1.29, 1.82) is 0 Å². The zero-order valence-corrected chi connectivity index (χ0v) is 19.7. The van der Waals surface area contributed by atoms with Crippen molar-refractivity contribution in [1.82, 2.24) is 9.88 Å². The van der Waals surface area contributed by atoms with Crippen molar-refractivity contribution in [3.8, 4) is 11.6 Å². The minimum absolute atomic E-state index is 0.0540. The van der Waals surface area contributed by atoms with E-state index in [0.717, 1.165) is 48.2 Å². The van der Waals surface area contributed by atoms with Crippen molar-refractivity contribution in [2.75, 3.05) is 18.6 Å². The van der Waals surface area contributed by atoms with Crippen molar-refractivity contribution in [3.05, 3.63) is 84.1 Å². The van der Waals surface area contributed by atoms with Gasteiger partial charge in [0.25, 0.3) is 0 Å². The number of rotatable bonds is 7. The van der Waals surface area contributed by atoms with E-state index in [9.17, 15) is 4.79 Å². The van der Waals surface area contributed by atoms with Crippen molar-refractivity contribution in [3.63, 3.8) is 0 Å². The summed E-state index contributed by atoms with van der Waals surface area (Å²) in [5, 5.41) is 0. The van der Waals surface area contributed by atoms with Crippen LogP contribution in [0.3, 0.4) is 0 Å². The fourth-order valence-corrected chi connectivity index (χ4v) is 5.14. The molecule has 1 aliphatic heterocycles. The largest absolute Gasteiger partial charge is 0.489 e. The Bertz CT molecular complexity index is 1090. The van der Waals surface area contributed by atoms with Crippen LogP contribution in [0.1, 0.15) is 43.2 Å². The molecule has 2 amide bonds. The predicted molar refractivity (Wildman–Crippen MR) is 132 cm³/mol. The summed E-state index contributed by atoms with van der Waals surface area (Å²) in [5.41, 5.74) is 2.95. The molecule has 1 aliphatic carbocycles. The number of ether oxygens (including phenoxy) is 2. The van der Waals surface area contributed by atoms with Gasteiger partial charge in [0.05, 0.1) is 31.1 Å². The van der Waals surface area contributed by atoms with Gasteiger partial charge < -0.3 is 14.4 Å². The van der Waals surface area contributed by atoms with Crippen LogP contribution in [0.25, 0.3) is 0 Å². The molecule has 2 aliphatic rings. The molecule has 6 nitrogen and oxygen atoms in total. The summed E-state index contributed by atoms with van der Waals surface area (Å²) in [6, 6.07) is 22.1. The highest BCUT2D eigenvalue weighted by atomic mass is 16.5. The Hall–Kier alpha value is -3.54. The van der Waals surface area contributed by atoms with Gasteiger partial charge in [-0.25, -0.2) is 9.78 Å². The molecule has 34 heavy (non-hydrogen) atoms. The fourth-order valence-electron chi connectivity index (χ4n) is 5.14. The van der Waals surface area contributed by atoms with Crippen LogP contribution in [0.5, 0.6) is 11.6 Å². The second kappa shape index (κ2) is 9.75. The molecule has 3 aromatic rings. The van der Waals surface area contributed by atoms with Crippen molar-refractivity contribution in [2.24, 2.45) is 0 Å². The predicted octanol–water partition coefficient (Wildman–Crippen LogP) is 5.81. The van der Waals surface area contributed by atoms with E-state index in [2.05, 4.69) is 34.1 Å². The lowest BCUT2D eigenvalue weighted by atomic mass is 9.81. The number of pyridine rings is 1. The van der Waals surface area contributed by atoms with Crippen LogP contribution in [-0.4, -0.2) is 35.1 Å². The first-order chi connectivity index (χ1) is 16.7. The van der Waals surface area contributed by atoms with Crippen LogP contribution in [0.4, 0.5) is 10.5 Å². The summed E-state index contributed by atoms with van der Waals surface area (Å²) in [6.45, 7) is 1.84. The molecule has 6 heteroatoms. The Labute approximate surface area is 201 Å². The van der Waals surface area contributed by atoms with Gasteiger partial charge in [-0.2, -0.15) is 0 Å². The van der Waals surface area contributed by atoms with Crippen molar-refractivity contribution < 1.29 is 14.3 Å². The highest BCUT2D eigenvalue weighted by Crippen LogP contribution is 2.42. The fraction of sp³-hybridized carbons (Fsp3) is 0.357. The number of benzene rings is 2. The standard InChI is InChI=1S/C28H31N3O3/c1-33-26-15-12-24(18-29-26)30-21-28(16-6-3-7-17-28)31(27(30)32)19-22-10-13-25(14-11-22)34-20-23-8-4-2-5-9-23/h2,4-5,8-15,18H,3,6-7,16-17,19-21H2,1H3. The maximum absolute atomic E-state index is 13.6. The lowest BCUT2D eigenvalue weighted by molar-refractivity contribution is 0.113. The van der Waals surface area contributed by atoms with E-state index in [1.165, 1.54) is 6.42 Å². The highest BCUT2D eigenvalue weighted by Gasteiger charge is 2.50. The van der Waals surface area contributed by atoms with E-state index in [1.54, 1.807) is 13.3 Å². The Morgan fingerprint density at radius 2 is 1.68 bits per heavy atom. The summed E-state index contributed by atoms with van der Waals surface area (Å²) in [5.74, 6) is 1.38. The quantitative estimate of drug-likeness (QED) is 0.449. The zero-order valence-electron chi connectivity index (χ0n) is 19.7. The van der Waals surface area contributed by atoms with Gasteiger partial charge >= 0.3 is 6.03 Å². The monoisotopic (exact) mass is 457 g/mol. The van der Waals surface area contributed by atoms with E-state index in [4.69, 9.17) is 9.47 Å². The Morgan fingerprint density at radius 1 is 0.912 bits per heavy atom. The van der Waals surface area contributed by atoms with Gasteiger partial charge in [0, 0.05) is 12.6 Å². The highest BCUT2D eigenvalue weighted by molar-refractivity contribution is 5.95. The normalized spacial score (nSPS) is 17.3. The maximum atomic E-state index is 13.6. The van der Waals surface area contributed by atoms with Gasteiger partial charge in [0.2, 0.25) is 5.88 Å². The van der Waals surface area contributed by atoms with Crippen molar-refractivity contribution in [2.45, 2.75) is 50.8 Å². The molecule has 1 aromatic heterocycles. The molecule has 2 heterocycles. The number of anilines is 1. The molecular weight excluding hydrogens is 426 g/mol. The second-order valence-electron chi connectivity index (χ2n) is 9.22. The summed E-state index contributed by atoms with van der Waals surface area (Å²) in [7, 11) is 1.60. The van der Waals surface area contributed by atoms with Gasteiger partial charge in [-0.05, 0) is 42.2 Å². The summed E-state index contributed by atoms with van der Waals surface area (Å²) in [4.78, 5) is 21.9. The van der Waals surface area contributed by atoms with Gasteiger partial charge in [-0.15, -0.1) is 0 Å². The summed E-state index contributed by atoms with van der Waals surface area (Å²) >= 11 is 0. The third-order valence-electron chi connectivity index (χ3n) is 7.02. The van der Waals surface area contributed by atoms with Crippen LogP contribution < -0.4 is 14.4 Å². The van der Waals surface area contributed by atoms with Gasteiger partial charge in [0.1, 0.15) is 12.4 Å². The Morgan fingerprint density at radius 3 is 2.35 bits per heavy atom. The minimum atomic E-state index is -0.127. The molecule has 2 aromatic carbocycles. The molecule has 2 fully saturated rings. The van der Waals surface area contributed by atoms with E-state index < -0.39 is 0 Å². The molecule has 1 saturated carbocycles. The third-order valence-corrected chi connectivity index (χ3v) is 7.02. The first-order valence-corrected chi connectivity index (χ1v) is 12.0. The topological polar surface area (TPSA) is 54.9 Å². The lowest BCUT2D eigenvalue weighted by Crippen LogP contribution is -2.48. The average molecular weight is 458 g/mol. The summed E-state index contributed by atoms with van der Waals surface area (Å²) < 4.78 is 11.1. The first-order valence-electron chi connectivity index (χ1n) is 12.0. The number of hydrogen-bond donors (Lipinski definition) is 0. The molecule has 0 atom stereocenters. The molecule has 5 rings (SSSR count). The molecule has 1 spiro atoms. The smallest absolute Gasteiger partial charge is 0.325 e. The second-order valence-corrected chi connectivity index (χ2v) is 9.22. The first kappa shape index (κ1) is 22.3. The molecule has 0 N–H and O–H groups in total. The van der Waals surface area contributed by atoms with E-state index in [1.807, 2.05) is 47.4 Å². The van der Waals surface area contributed by atoms with E-state index in [0.29, 0.717) is 25.6 Å².